The summed E-state index contributed by atoms with van der Waals surface area (Å²) in [5.41, 5.74) is 6.41. The number of nitrogens with one attached hydrogen (secondary N) is 2. The van der Waals surface area contributed by atoms with E-state index in [0.717, 1.165) is 18.5 Å². The quantitative estimate of drug-likeness (QED) is 0.686. The molecule has 6 nitrogen and oxygen atoms in total. The summed E-state index contributed by atoms with van der Waals surface area (Å²) in [6, 6.07) is 0. The summed E-state index contributed by atoms with van der Waals surface area (Å²) in [5.74, 6) is -0.834. The van der Waals surface area contributed by atoms with Crippen molar-refractivity contribution in [2.75, 3.05) is 0 Å². The van der Waals surface area contributed by atoms with Gasteiger partial charge in [-0.05, 0) is 18.9 Å². The highest BCUT2D eigenvalue weighted by molar-refractivity contribution is 5.66. The molecule has 6 heteroatoms. The summed E-state index contributed by atoms with van der Waals surface area (Å²) >= 11 is 0. The summed E-state index contributed by atoms with van der Waals surface area (Å²) in [7, 11) is 0. The van der Waals surface area contributed by atoms with E-state index in [1.165, 1.54) is 13.8 Å². The van der Waals surface area contributed by atoms with Gasteiger partial charge in [0.05, 0.1) is 11.4 Å². The third-order valence-electron chi connectivity index (χ3n) is 1.75. The van der Waals surface area contributed by atoms with E-state index in [0.29, 0.717) is 5.70 Å². The van der Waals surface area contributed by atoms with E-state index in [1.807, 2.05) is 6.08 Å². The highest BCUT2D eigenvalue weighted by atomic mass is 16.7. The van der Waals surface area contributed by atoms with Crippen molar-refractivity contribution < 1.29 is 19.3 Å². The van der Waals surface area contributed by atoms with E-state index >= 15 is 0 Å². The molecule has 0 saturated heterocycles. The van der Waals surface area contributed by atoms with E-state index in [-0.39, 0.29) is 0 Å². The number of carbonyl (C=O) groups is 2. The van der Waals surface area contributed by atoms with Crippen LogP contribution >= 0.6 is 0 Å². The van der Waals surface area contributed by atoms with Gasteiger partial charge in [0.15, 0.2) is 0 Å². The van der Waals surface area contributed by atoms with Crippen LogP contribution in [-0.2, 0) is 19.3 Å². The smallest absolute Gasteiger partial charge is 0.329 e. The number of hydroxylamine groups is 2. The van der Waals surface area contributed by atoms with Gasteiger partial charge in [-0.25, -0.2) is 11.0 Å². The first kappa shape index (κ1) is 12.1. The van der Waals surface area contributed by atoms with Crippen LogP contribution in [0.4, 0.5) is 0 Å². The molecule has 1 rings (SSSR count). The highest BCUT2D eigenvalue weighted by Gasteiger charge is 2.07. The van der Waals surface area contributed by atoms with Crippen LogP contribution in [-0.4, -0.2) is 11.9 Å². The number of carbonyl (C=O) groups excluding carboxylic acids is 2. The van der Waals surface area contributed by atoms with Crippen molar-refractivity contribution in [2.45, 2.75) is 26.7 Å². The second-order valence-corrected chi connectivity index (χ2v) is 3.26. The molecule has 0 atom stereocenters. The molecule has 1 aliphatic carbocycles. The summed E-state index contributed by atoms with van der Waals surface area (Å²) in [6.07, 6.45) is 5.08. The molecule has 0 aliphatic heterocycles. The maximum Gasteiger partial charge on any atom is 0.329 e. The fourth-order valence-corrected chi connectivity index (χ4v) is 1.12. The Balaban J connectivity index is 2.44. The first-order chi connectivity index (χ1) is 7.58. The Labute approximate surface area is 93.2 Å². The Bertz CT molecular complexity index is 347. The summed E-state index contributed by atoms with van der Waals surface area (Å²) in [4.78, 5) is 30.4. The molecule has 0 spiro atoms. The van der Waals surface area contributed by atoms with Gasteiger partial charge in [-0.1, -0.05) is 6.08 Å². The standard InChI is InChI=1S/C10H14N2O4/c1-7(13)15-11-9-4-3-5-10(6-9)12-16-8(2)14/h4,6,11-12H,3,5H2,1-2H3. The molecule has 0 fully saturated rings. The van der Waals surface area contributed by atoms with Crippen LogP contribution in [0, 0.1) is 0 Å². The van der Waals surface area contributed by atoms with Crippen molar-refractivity contribution in [3.05, 3.63) is 23.5 Å². The summed E-state index contributed by atoms with van der Waals surface area (Å²) in [6.45, 7) is 2.61. The van der Waals surface area contributed by atoms with Crippen LogP contribution in [0.2, 0.25) is 0 Å². The molecule has 1 aliphatic rings. The minimum Gasteiger partial charge on any atom is -0.344 e. The maximum atomic E-state index is 10.6. The molecule has 0 bridgehead atoms. The van der Waals surface area contributed by atoms with Gasteiger partial charge in [0.25, 0.3) is 0 Å². The topological polar surface area (TPSA) is 76.7 Å². The zero-order chi connectivity index (χ0) is 12.0. The normalized spacial score (nSPS) is 14.4. The van der Waals surface area contributed by atoms with E-state index in [2.05, 4.69) is 20.6 Å². The zero-order valence-corrected chi connectivity index (χ0v) is 9.20. The minimum atomic E-state index is -0.422. The van der Waals surface area contributed by atoms with Gasteiger partial charge in [0.2, 0.25) is 0 Å². The van der Waals surface area contributed by atoms with Gasteiger partial charge in [-0.2, -0.15) is 0 Å². The number of hydrogen-bond acceptors (Lipinski definition) is 6. The van der Waals surface area contributed by atoms with Crippen molar-refractivity contribution in [3.8, 4) is 0 Å². The van der Waals surface area contributed by atoms with Gasteiger partial charge in [-0.3, -0.25) is 9.59 Å². The van der Waals surface area contributed by atoms with Crippen molar-refractivity contribution in [1.29, 1.82) is 0 Å². The average Bonchev–Trinajstić information content (AvgIpc) is 2.24. The Morgan fingerprint density at radius 2 is 1.81 bits per heavy atom. The largest absolute Gasteiger partial charge is 0.344 e. The van der Waals surface area contributed by atoms with Crippen molar-refractivity contribution >= 4 is 11.9 Å². The second-order valence-electron chi connectivity index (χ2n) is 3.26. The van der Waals surface area contributed by atoms with E-state index in [4.69, 9.17) is 0 Å². The number of allylic oxidation sites excluding steroid dienone is 3. The lowest BCUT2D eigenvalue weighted by Crippen LogP contribution is -2.22. The molecule has 16 heavy (non-hydrogen) atoms. The molecule has 0 aromatic carbocycles. The SMILES string of the molecule is CC(=O)ONC1=CCCC(NOC(C)=O)=C1. The molecular weight excluding hydrogens is 212 g/mol. The lowest BCUT2D eigenvalue weighted by atomic mass is 10.1. The monoisotopic (exact) mass is 226 g/mol. The van der Waals surface area contributed by atoms with Crippen LogP contribution in [0.5, 0.6) is 0 Å². The van der Waals surface area contributed by atoms with Crippen molar-refractivity contribution in [1.82, 2.24) is 11.0 Å². The van der Waals surface area contributed by atoms with Crippen LogP contribution in [0.15, 0.2) is 23.5 Å². The first-order valence-corrected chi connectivity index (χ1v) is 4.85. The number of hydrogen-bond donors (Lipinski definition) is 2. The summed E-state index contributed by atoms with van der Waals surface area (Å²) in [5, 5.41) is 0. The summed E-state index contributed by atoms with van der Waals surface area (Å²) < 4.78 is 0. The Morgan fingerprint density at radius 3 is 2.44 bits per heavy atom. The predicted octanol–water partition coefficient (Wildman–Crippen LogP) is 0.683. The molecule has 0 aromatic rings. The van der Waals surface area contributed by atoms with E-state index < -0.39 is 11.9 Å². The van der Waals surface area contributed by atoms with Crippen molar-refractivity contribution in [3.63, 3.8) is 0 Å². The van der Waals surface area contributed by atoms with Crippen LogP contribution in [0.1, 0.15) is 26.7 Å². The molecule has 0 aromatic heterocycles. The Hall–Kier alpha value is -1.98. The Morgan fingerprint density at radius 1 is 1.19 bits per heavy atom. The fraction of sp³-hybridized carbons (Fsp3) is 0.400. The molecular formula is C10H14N2O4. The first-order valence-electron chi connectivity index (χ1n) is 4.85. The van der Waals surface area contributed by atoms with Gasteiger partial charge in [-0.15, -0.1) is 0 Å². The van der Waals surface area contributed by atoms with Gasteiger partial charge in [0, 0.05) is 13.8 Å². The average molecular weight is 226 g/mol. The molecule has 0 radical (unpaired) electrons. The highest BCUT2D eigenvalue weighted by Crippen LogP contribution is 2.13. The lowest BCUT2D eigenvalue weighted by Gasteiger charge is -2.15. The number of rotatable bonds is 4. The zero-order valence-electron chi connectivity index (χ0n) is 9.20. The third kappa shape index (κ3) is 4.50. The van der Waals surface area contributed by atoms with E-state index in [9.17, 15) is 9.59 Å². The fourth-order valence-electron chi connectivity index (χ4n) is 1.12. The van der Waals surface area contributed by atoms with Gasteiger partial charge >= 0.3 is 11.9 Å². The molecule has 0 saturated carbocycles. The van der Waals surface area contributed by atoms with Crippen molar-refractivity contribution in [2.24, 2.45) is 0 Å². The van der Waals surface area contributed by atoms with Crippen LogP contribution < -0.4 is 11.0 Å². The van der Waals surface area contributed by atoms with E-state index in [1.54, 1.807) is 6.08 Å². The third-order valence-corrected chi connectivity index (χ3v) is 1.75. The second kappa shape index (κ2) is 5.79. The lowest BCUT2D eigenvalue weighted by molar-refractivity contribution is -0.147. The van der Waals surface area contributed by atoms with Gasteiger partial charge in [0.1, 0.15) is 0 Å². The molecule has 0 amide bonds. The maximum absolute atomic E-state index is 10.6. The molecule has 0 unspecified atom stereocenters. The molecule has 2 N–H and O–H groups in total. The predicted molar refractivity (Wildman–Crippen MR) is 55.2 cm³/mol. The molecule has 0 heterocycles. The van der Waals surface area contributed by atoms with Crippen LogP contribution in [0.3, 0.4) is 0 Å². The Kier molecular flexibility index (Phi) is 4.38. The minimum absolute atomic E-state index is 0.412. The van der Waals surface area contributed by atoms with Gasteiger partial charge < -0.3 is 9.68 Å². The van der Waals surface area contributed by atoms with Crippen LogP contribution in [0.25, 0.3) is 0 Å². The molecule has 88 valence electrons.